The number of benzene rings is 1. The minimum atomic E-state index is -0.182. The number of aliphatic hydroxyl groups is 1. The van der Waals surface area contributed by atoms with Crippen LogP contribution in [0.3, 0.4) is 0 Å². The number of hydrogen-bond donors (Lipinski definition) is 3. The van der Waals surface area contributed by atoms with Crippen molar-refractivity contribution in [1.29, 1.82) is 0 Å². The van der Waals surface area contributed by atoms with Gasteiger partial charge in [0, 0.05) is 18.3 Å². The summed E-state index contributed by atoms with van der Waals surface area (Å²) in [6.07, 6.45) is 3.24. The molecule has 1 amide bonds. The minimum absolute atomic E-state index is 0.0912. The third-order valence-electron chi connectivity index (χ3n) is 2.55. The summed E-state index contributed by atoms with van der Waals surface area (Å²) in [5, 5.41) is 14.3. The average molecular weight is 257 g/mol. The van der Waals surface area contributed by atoms with E-state index in [-0.39, 0.29) is 12.6 Å². The lowest BCUT2D eigenvalue weighted by molar-refractivity contribution is 0.102. The van der Waals surface area contributed by atoms with Gasteiger partial charge in [0.05, 0.1) is 18.6 Å². The standard InChI is InChI=1S/C14H15N3O2/c18-10-16-8-11-3-1-4-12(7-11)14(19)17-13-5-2-6-15-9-13/h1-7,9,16,18H,8,10H2,(H,17,19). The van der Waals surface area contributed by atoms with Crippen LogP contribution in [0.15, 0.2) is 48.8 Å². The van der Waals surface area contributed by atoms with Crippen LogP contribution in [0, 0.1) is 0 Å². The molecule has 0 radical (unpaired) electrons. The van der Waals surface area contributed by atoms with Crippen molar-refractivity contribution in [2.75, 3.05) is 12.0 Å². The Morgan fingerprint density at radius 3 is 2.89 bits per heavy atom. The van der Waals surface area contributed by atoms with Crippen molar-refractivity contribution in [3.63, 3.8) is 0 Å². The topological polar surface area (TPSA) is 74.2 Å². The molecule has 0 aliphatic carbocycles. The number of carbonyl (C=O) groups is 1. The number of nitrogens with one attached hydrogen (secondary N) is 2. The molecule has 0 unspecified atom stereocenters. The molecule has 5 nitrogen and oxygen atoms in total. The van der Waals surface area contributed by atoms with Crippen molar-refractivity contribution in [3.8, 4) is 0 Å². The quantitative estimate of drug-likeness (QED) is 0.707. The second-order valence-electron chi connectivity index (χ2n) is 3.98. The molecule has 2 aromatic rings. The lowest BCUT2D eigenvalue weighted by Gasteiger charge is -2.07. The number of nitrogens with zero attached hydrogens (tertiary/aromatic N) is 1. The molecule has 98 valence electrons. The van der Waals surface area contributed by atoms with Gasteiger partial charge in [-0.1, -0.05) is 12.1 Å². The normalized spacial score (nSPS) is 10.2. The fraction of sp³-hybridized carbons (Fsp3) is 0.143. The summed E-state index contributed by atoms with van der Waals surface area (Å²) < 4.78 is 0. The Kier molecular flexibility index (Phi) is 4.60. The molecule has 0 atom stereocenters. The highest BCUT2D eigenvalue weighted by Crippen LogP contribution is 2.09. The Morgan fingerprint density at radius 2 is 2.16 bits per heavy atom. The molecular weight excluding hydrogens is 242 g/mol. The third kappa shape index (κ3) is 3.87. The Morgan fingerprint density at radius 1 is 1.26 bits per heavy atom. The van der Waals surface area contributed by atoms with Gasteiger partial charge in [-0.05, 0) is 29.8 Å². The zero-order chi connectivity index (χ0) is 13.5. The lowest BCUT2D eigenvalue weighted by atomic mass is 10.1. The third-order valence-corrected chi connectivity index (χ3v) is 2.55. The monoisotopic (exact) mass is 257 g/mol. The van der Waals surface area contributed by atoms with Gasteiger partial charge in [0.25, 0.3) is 5.91 Å². The van der Waals surface area contributed by atoms with Crippen molar-refractivity contribution in [2.45, 2.75) is 6.54 Å². The first-order chi connectivity index (χ1) is 9.29. The van der Waals surface area contributed by atoms with Crippen LogP contribution in [-0.2, 0) is 6.54 Å². The first-order valence-corrected chi connectivity index (χ1v) is 5.91. The second-order valence-corrected chi connectivity index (χ2v) is 3.98. The summed E-state index contributed by atoms with van der Waals surface area (Å²) in [4.78, 5) is 16.0. The van der Waals surface area contributed by atoms with Crippen LogP contribution < -0.4 is 10.6 Å². The Labute approximate surface area is 111 Å². The van der Waals surface area contributed by atoms with Crippen molar-refractivity contribution in [1.82, 2.24) is 10.3 Å². The van der Waals surface area contributed by atoms with Gasteiger partial charge < -0.3 is 10.4 Å². The van der Waals surface area contributed by atoms with Crippen molar-refractivity contribution < 1.29 is 9.90 Å². The lowest BCUT2D eigenvalue weighted by Crippen LogP contribution is -2.15. The molecular formula is C14H15N3O2. The molecule has 0 saturated heterocycles. The first kappa shape index (κ1) is 13.2. The highest BCUT2D eigenvalue weighted by Gasteiger charge is 2.06. The number of amides is 1. The van der Waals surface area contributed by atoms with Gasteiger partial charge in [-0.2, -0.15) is 0 Å². The van der Waals surface area contributed by atoms with Crippen LogP contribution in [0.25, 0.3) is 0 Å². The maximum absolute atomic E-state index is 12.0. The van der Waals surface area contributed by atoms with E-state index >= 15 is 0 Å². The van der Waals surface area contributed by atoms with Gasteiger partial charge in [-0.15, -0.1) is 0 Å². The summed E-state index contributed by atoms with van der Waals surface area (Å²) in [6, 6.07) is 10.8. The van der Waals surface area contributed by atoms with Gasteiger partial charge in [0.2, 0.25) is 0 Å². The smallest absolute Gasteiger partial charge is 0.255 e. The maximum atomic E-state index is 12.0. The molecule has 1 aromatic carbocycles. The van der Waals surface area contributed by atoms with Crippen LogP contribution in [-0.4, -0.2) is 22.7 Å². The summed E-state index contributed by atoms with van der Waals surface area (Å²) in [6.45, 7) is 0.427. The van der Waals surface area contributed by atoms with E-state index in [1.807, 2.05) is 12.1 Å². The summed E-state index contributed by atoms with van der Waals surface area (Å²) in [7, 11) is 0. The number of aromatic nitrogens is 1. The van der Waals surface area contributed by atoms with E-state index in [1.54, 1.807) is 36.7 Å². The fourth-order valence-electron chi connectivity index (χ4n) is 1.66. The van der Waals surface area contributed by atoms with Crippen LogP contribution in [0.4, 0.5) is 5.69 Å². The molecule has 19 heavy (non-hydrogen) atoms. The van der Waals surface area contributed by atoms with E-state index in [1.165, 1.54) is 0 Å². The molecule has 1 aromatic heterocycles. The minimum Gasteiger partial charge on any atom is -0.381 e. The molecule has 5 heteroatoms. The predicted molar refractivity (Wildman–Crippen MR) is 72.6 cm³/mol. The first-order valence-electron chi connectivity index (χ1n) is 5.91. The van der Waals surface area contributed by atoms with Gasteiger partial charge in [-0.25, -0.2) is 0 Å². The van der Waals surface area contributed by atoms with E-state index in [4.69, 9.17) is 5.11 Å². The van der Waals surface area contributed by atoms with Crippen LogP contribution in [0.1, 0.15) is 15.9 Å². The molecule has 0 saturated carbocycles. The van der Waals surface area contributed by atoms with E-state index < -0.39 is 0 Å². The van der Waals surface area contributed by atoms with Gasteiger partial charge in [0.15, 0.2) is 0 Å². The summed E-state index contributed by atoms with van der Waals surface area (Å²) in [5.74, 6) is -0.182. The van der Waals surface area contributed by atoms with E-state index in [2.05, 4.69) is 15.6 Å². The maximum Gasteiger partial charge on any atom is 0.255 e. The number of carbonyl (C=O) groups excluding carboxylic acids is 1. The molecule has 0 aliphatic heterocycles. The largest absolute Gasteiger partial charge is 0.381 e. The van der Waals surface area contributed by atoms with Gasteiger partial charge >= 0.3 is 0 Å². The second kappa shape index (κ2) is 6.63. The Bertz CT molecular complexity index is 543. The summed E-state index contributed by atoms with van der Waals surface area (Å²) in [5.41, 5.74) is 2.17. The van der Waals surface area contributed by atoms with E-state index in [9.17, 15) is 4.79 Å². The van der Waals surface area contributed by atoms with Crippen molar-refractivity contribution in [2.24, 2.45) is 0 Å². The van der Waals surface area contributed by atoms with Gasteiger partial charge in [0.1, 0.15) is 0 Å². The number of anilines is 1. The Hall–Kier alpha value is -2.24. The zero-order valence-electron chi connectivity index (χ0n) is 10.3. The average Bonchev–Trinajstić information content (AvgIpc) is 2.46. The van der Waals surface area contributed by atoms with Crippen molar-refractivity contribution in [3.05, 3.63) is 59.9 Å². The molecule has 1 heterocycles. The van der Waals surface area contributed by atoms with E-state index in [0.29, 0.717) is 17.8 Å². The highest BCUT2D eigenvalue weighted by atomic mass is 16.3. The zero-order valence-corrected chi connectivity index (χ0v) is 10.3. The predicted octanol–water partition coefficient (Wildman–Crippen LogP) is 1.37. The number of aliphatic hydroxyl groups excluding tert-OH is 1. The van der Waals surface area contributed by atoms with Crippen LogP contribution in [0.2, 0.25) is 0 Å². The molecule has 0 aliphatic rings. The number of pyridine rings is 1. The number of rotatable bonds is 5. The molecule has 2 rings (SSSR count). The van der Waals surface area contributed by atoms with Crippen LogP contribution >= 0.6 is 0 Å². The SMILES string of the molecule is O=C(Nc1cccnc1)c1cccc(CNCO)c1. The fourth-order valence-corrected chi connectivity index (χ4v) is 1.66. The summed E-state index contributed by atoms with van der Waals surface area (Å²) >= 11 is 0. The molecule has 0 fully saturated rings. The van der Waals surface area contributed by atoms with Crippen molar-refractivity contribution >= 4 is 11.6 Å². The van der Waals surface area contributed by atoms with E-state index in [0.717, 1.165) is 5.56 Å². The Balaban J connectivity index is 2.06. The molecule has 0 bridgehead atoms. The molecule has 0 spiro atoms. The van der Waals surface area contributed by atoms with Gasteiger partial charge in [-0.3, -0.25) is 15.1 Å². The highest BCUT2D eigenvalue weighted by molar-refractivity contribution is 6.04. The van der Waals surface area contributed by atoms with Crippen LogP contribution in [0.5, 0.6) is 0 Å². The number of hydrogen-bond acceptors (Lipinski definition) is 4. The molecule has 3 N–H and O–H groups in total.